The summed E-state index contributed by atoms with van der Waals surface area (Å²) in [5.41, 5.74) is -0.0863. The van der Waals surface area contributed by atoms with Gasteiger partial charge in [0.2, 0.25) is 0 Å². The molecule has 0 unspecified atom stereocenters. The molecule has 1 aliphatic heterocycles. The van der Waals surface area contributed by atoms with E-state index in [-0.39, 0.29) is 36.8 Å². The van der Waals surface area contributed by atoms with Crippen molar-refractivity contribution in [1.29, 1.82) is 0 Å². The molecule has 10 heteroatoms. The van der Waals surface area contributed by atoms with Gasteiger partial charge in [0.15, 0.2) is 0 Å². The molecule has 0 aliphatic carbocycles. The summed E-state index contributed by atoms with van der Waals surface area (Å²) in [6.45, 7) is 3.74. The summed E-state index contributed by atoms with van der Waals surface area (Å²) in [7, 11) is 1.17. The van der Waals surface area contributed by atoms with E-state index in [1.54, 1.807) is 24.3 Å². The van der Waals surface area contributed by atoms with Crippen LogP contribution in [0, 0.1) is 0 Å². The van der Waals surface area contributed by atoms with Crippen molar-refractivity contribution in [3.8, 4) is 0 Å². The van der Waals surface area contributed by atoms with E-state index < -0.39 is 23.8 Å². The summed E-state index contributed by atoms with van der Waals surface area (Å²) in [6.07, 6.45) is 0. The Balaban J connectivity index is 2.26. The van der Waals surface area contributed by atoms with Crippen LogP contribution >= 0.6 is 62.3 Å². The monoisotopic (exact) mass is 535 g/mol. The van der Waals surface area contributed by atoms with Crippen LogP contribution in [0.2, 0.25) is 20.1 Å². The van der Waals surface area contributed by atoms with E-state index in [4.69, 9.17) is 51.1 Å². The SMILES string of the molecule is C=C(C(=O)OC)[C@@H](c1ccccc1Br)N1C(=O)c2c(Cl)c(Cl)c(Cl)c(Cl)c2C1=O. The fourth-order valence-corrected chi connectivity index (χ4v) is 4.54. The highest BCUT2D eigenvalue weighted by Crippen LogP contribution is 2.47. The van der Waals surface area contributed by atoms with Crippen LogP contribution in [-0.2, 0) is 9.53 Å². The number of rotatable bonds is 4. The smallest absolute Gasteiger partial charge is 0.335 e. The molecule has 0 radical (unpaired) electrons. The van der Waals surface area contributed by atoms with Gasteiger partial charge in [-0.05, 0) is 11.6 Å². The second-order valence-electron chi connectivity index (χ2n) is 5.93. The lowest BCUT2D eigenvalue weighted by Crippen LogP contribution is -2.37. The predicted octanol–water partition coefficient (Wildman–Crippen LogP) is 6.13. The number of hydrogen-bond acceptors (Lipinski definition) is 4. The van der Waals surface area contributed by atoms with Gasteiger partial charge < -0.3 is 4.74 Å². The largest absolute Gasteiger partial charge is 0.466 e. The fraction of sp³-hybridized carbons (Fsp3) is 0.105. The van der Waals surface area contributed by atoms with E-state index in [1.165, 1.54) is 7.11 Å². The lowest BCUT2D eigenvalue weighted by atomic mass is 9.98. The number of hydrogen-bond donors (Lipinski definition) is 0. The number of halogens is 5. The number of ether oxygens (including phenoxy) is 1. The van der Waals surface area contributed by atoms with Crippen molar-refractivity contribution in [3.05, 3.63) is 77.7 Å². The molecule has 1 heterocycles. The zero-order chi connectivity index (χ0) is 21.6. The van der Waals surface area contributed by atoms with Crippen molar-refractivity contribution in [2.75, 3.05) is 7.11 Å². The zero-order valence-electron chi connectivity index (χ0n) is 14.6. The first-order chi connectivity index (χ1) is 13.6. The van der Waals surface area contributed by atoms with Crippen LogP contribution in [0.5, 0.6) is 0 Å². The molecular formula is C19H10BrCl4NO4. The van der Waals surface area contributed by atoms with E-state index >= 15 is 0 Å². The summed E-state index contributed by atoms with van der Waals surface area (Å²) in [4.78, 5) is 39.6. The second kappa shape index (κ2) is 8.28. The van der Waals surface area contributed by atoms with Crippen molar-refractivity contribution in [2.45, 2.75) is 6.04 Å². The molecule has 2 aromatic rings. The number of nitrogens with zero attached hydrogens (tertiary/aromatic N) is 1. The van der Waals surface area contributed by atoms with Gasteiger partial charge in [0.25, 0.3) is 11.8 Å². The van der Waals surface area contributed by atoms with Gasteiger partial charge >= 0.3 is 5.97 Å². The lowest BCUT2D eigenvalue weighted by molar-refractivity contribution is -0.136. The van der Waals surface area contributed by atoms with Crippen molar-refractivity contribution in [3.63, 3.8) is 0 Å². The van der Waals surface area contributed by atoms with Gasteiger partial charge in [0.05, 0.1) is 49.9 Å². The minimum atomic E-state index is -1.19. The van der Waals surface area contributed by atoms with E-state index in [0.717, 1.165) is 4.90 Å². The second-order valence-corrected chi connectivity index (χ2v) is 8.29. The molecule has 0 N–H and O–H groups in total. The topological polar surface area (TPSA) is 63.7 Å². The molecule has 5 nitrogen and oxygen atoms in total. The third-order valence-corrected chi connectivity index (χ3v) is 6.89. The molecule has 1 atom stereocenters. The summed E-state index contributed by atoms with van der Waals surface area (Å²) >= 11 is 27.9. The average molecular weight is 538 g/mol. The normalized spacial score (nSPS) is 14.1. The molecule has 0 spiro atoms. The predicted molar refractivity (Wildman–Crippen MR) is 115 cm³/mol. The number of imide groups is 1. The molecule has 2 amide bonds. The van der Waals surface area contributed by atoms with Crippen LogP contribution in [-0.4, -0.2) is 29.8 Å². The first-order valence-corrected chi connectivity index (χ1v) is 10.2. The number of carbonyl (C=O) groups is 3. The summed E-state index contributed by atoms with van der Waals surface area (Å²) in [6, 6.07) is 5.56. The highest BCUT2D eigenvalue weighted by atomic mass is 79.9. The van der Waals surface area contributed by atoms with Gasteiger partial charge in [-0.25, -0.2) is 4.79 Å². The van der Waals surface area contributed by atoms with E-state index in [2.05, 4.69) is 22.5 Å². The Morgan fingerprint density at radius 2 is 1.48 bits per heavy atom. The van der Waals surface area contributed by atoms with Crippen LogP contribution < -0.4 is 0 Å². The Morgan fingerprint density at radius 3 is 1.93 bits per heavy atom. The van der Waals surface area contributed by atoms with Gasteiger partial charge in [0, 0.05) is 4.47 Å². The quantitative estimate of drug-likeness (QED) is 0.155. The molecule has 3 rings (SSSR count). The highest BCUT2D eigenvalue weighted by Gasteiger charge is 2.47. The molecule has 0 saturated heterocycles. The van der Waals surface area contributed by atoms with Gasteiger partial charge in [-0.2, -0.15) is 0 Å². The zero-order valence-corrected chi connectivity index (χ0v) is 19.2. The molecule has 150 valence electrons. The summed E-state index contributed by atoms with van der Waals surface area (Å²) in [5, 5.41) is -0.702. The maximum absolute atomic E-state index is 13.2. The molecule has 2 aromatic carbocycles. The number of benzene rings is 2. The summed E-state index contributed by atoms with van der Waals surface area (Å²) in [5.74, 6) is -2.38. The van der Waals surface area contributed by atoms with Crippen LogP contribution in [0.15, 0.2) is 40.9 Å². The molecule has 0 saturated carbocycles. The van der Waals surface area contributed by atoms with Crippen LogP contribution in [0.4, 0.5) is 0 Å². The van der Waals surface area contributed by atoms with Crippen molar-refractivity contribution in [1.82, 2.24) is 4.90 Å². The van der Waals surface area contributed by atoms with E-state index in [1.807, 2.05) is 0 Å². The first-order valence-electron chi connectivity index (χ1n) is 7.88. The third kappa shape index (κ3) is 3.47. The Bertz CT molecular complexity index is 1060. The first kappa shape index (κ1) is 22.1. The number of amides is 2. The molecule has 0 bridgehead atoms. The Kier molecular flexibility index (Phi) is 6.32. The van der Waals surface area contributed by atoms with E-state index in [9.17, 15) is 14.4 Å². The number of methoxy groups -OCH3 is 1. The number of fused-ring (bicyclic) bond motifs is 1. The maximum atomic E-state index is 13.2. The van der Waals surface area contributed by atoms with Crippen LogP contribution in [0.25, 0.3) is 0 Å². The molecule has 0 fully saturated rings. The van der Waals surface area contributed by atoms with Crippen molar-refractivity contribution < 1.29 is 19.1 Å². The number of esters is 1. The van der Waals surface area contributed by atoms with Crippen LogP contribution in [0.3, 0.4) is 0 Å². The minimum Gasteiger partial charge on any atom is -0.466 e. The van der Waals surface area contributed by atoms with E-state index in [0.29, 0.717) is 10.0 Å². The minimum absolute atomic E-state index is 0.140. The average Bonchev–Trinajstić information content (AvgIpc) is 2.96. The van der Waals surface area contributed by atoms with Crippen molar-refractivity contribution >= 4 is 80.1 Å². The Morgan fingerprint density at radius 1 is 1.00 bits per heavy atom. The Labute approximate surface area is 194 Å². The lowest BCUT2D eigenvalue weighted by Gasteiger charge is -2.28. The standard InChI is InChI=1S/C19H10BrCl4NO4/c1-7(19(28)29-2)16(8-5-3-4-6-9(8)20)25-17(26)10-11(18(25)27)13(22)15(24)14(23)12(10)21/h3-6,16H,1H2,2H3/t16-/m0/s1. The van der Waals surface area contributed by atoms with Gasteiger partial charge in [-0.3, -0.25) is 14.5 Å². The Hall–Kier alpha value is -1.57. The van der Waals surface area contributed by atoms with Gasteiger partial charge in [0.1, 0.15) is 0 Å². The molecule has 29 heavy (non-hydrogen) atoms. The molecule has 1 aliphatic rings. The van der Waals surface area contributed by atoms with Crippen molar-refractivity contribution in [2.24, 2.45) is 0 Å². The maximum Gasteiger partial charge on any atom is 0.335 e. The molecule has 0 aromatic heterocycles. The third-order valence-electron chi connectivity index (χ3n) is 4.37. The van der Waals surface area contributed by atoms with Gasteiger partial charge in [-0.15, -0.1) is 0 Å². The highest BCUT2D eigenvalue weighted by molar-refractivity contribution is 9.10. The number of carbonyl (C=O) groups excluding carboxylic acids is 3. The summed E-state index contributed by atoms with van der Waals surface area (Å²) < 4.78 is 5.29. The fourth-order valence-electron chi connectivity index (χ4n) is 3.02. The van der Waals surface area contributed by atoms with Gasteiger partial charge in [-0.1, -0.05) is 87.1 Å². The van der Waals surface area contributed by atoms with Crippen LogP contribution in [0.1, 0.15) is 32.3 Å². The molecular weight excluding hydrogens is 528 g/mol.